The van der Waals surface area contributed by atoms with E-state index in [2.05, 4.69) is 6.92 Å². The predicted octanol–water partition coefficient (Wildman–Crippen LogP) is 4.09. The number of nitrogens with zero attached hydrogens (tertiary/aromatic N) is 1. The second-order valence-electron chi connectivity index (χ2n) is 6.46. The minimum absolute atomic E-state index is 0.0118. The first-order valence-electron chi connectivity index (χ1n) is 9.58. The second kappa shape index (κ2) is 9.42. The van der Waals surface area contributed by atoms with E-state index in [1.807, 2.05) is 54.3 Å². The van der Waals surface area contributed by atoms with Crippen LogP contribution in [-0.4, -0.2) is 43.7 Å². The summed E-state index contributed by atoms with van der Waals surface area (Å²) in [4.78, 5) is 14.9. The van der Waals surface area contributed by atoms with Gasteiger partial charge in [-0.2, -0.15) is 0 Å². The lowest BCUT2D eigenvalue weighted by atomic mass is 10.1. The molecule has 1 saturated heterocycles. The van der Waals surface area contributed by atoms with Crippen molar-refractivity contribution in [1.82, 2.24) is 4.90 Å². The molecule has 3 rings (SSSR count). The molecule has 1 fully saturated rings. The lowest BCUT2D eigenvalue weighted by Gasteiger charge is -2.33. The predicted molar refractivity (Wildman–Crippen MR) is 104 cm³/mol. The molecular formula is C22H27NO4. The zero-order valence-electron chi connectivity index (χ0n) is 16.0. The van der Waals surface area contributed by atoms with Gasteiger partial charge in [0, 0.05) is 12.1 Å². The van der Waals surface area contributed by atoms with Crippen molar-refractivity contribution in [3.05, 3.63) is 59.7 Å². The molecule has 0 aromatic heterocycles. The lowest BCUT2D eigenvalue weighted by molar-refractivity contribution is -0.0228. The Morgan fingerprint density at radius 3 is 2.67 bits per heavy atom. The summed E-state index contributed by atoms with van der Waals surface area (Å²) in [6, 6.07) is 15.4. The van der Waals surface area contributed by atoms with E-state index in [0.717, 1.165) is 12.0 Å². The van der Waals surface area contributed by atoms with Crippen LogP contribution in [0.25, 0.3) is 0 Å². The number of rotatable bonds is 7. The molecule has 2 aromatic rings. The van der Waals surface area contributed by atoms with Gasteiger partial charge in [-0.15, -0.1) is 0 Å². The van der Waals surface area contributed by atoms with Crippen molar-refractivity contribution in [2.45, 2.75) is 26.4 Å². The highest BCUT2D eigenvalue weighted by Crippen LogP contribution is 2.30. The molecule has 2 aromatic carbocycles. The van der Waals surface area contributed by atoms with Gasteiger partial charge in [-0.3, -0.25) is 4.79 Å². The van der Waals surface area contributed by atoms with Crippen LogP contribution in [0.5, 0.6) is 11.5 Å². The smallest absolute Gasteiger partial charge is 0.254 e. The van der Waals surface area contributed by atoms with E-state index in [9.17, 15) is 4.79 Å². The SMILES string of the molecule is CCCOc1ccc(C(=O)N2CCOC(c3ccccc3)C2)cc1OCC. The Kier molecular flexibility index (Phi) is 6.71. The van der Waals surface area contributed by atoms with Crippen LogP contribution in [-0.2, 0) is 4.74 Å². The number of hydrogen-bond donors (Lipinski definition) is 0. The van der Waals surface area contributed by atoms with E-state index < -0.39 is 0 Å². The van der Waals surface area contributed by atoms with Crippen LogP contribution in [0.2, 0.25) is 0 Å². The average molecular weight is 369 g/mol. The van der Waals surface area contributed by atoms with Crippen LogP contribution < -0.4 is 9.47 Å². The number of benzene rings is 2. The Bertz CT molecular complexity index is 747. The number of morpholine rings is 1. The maximum absolute atomic E-state index is 13.0. The Morgan fingerprint density at radius 1 is 1.11 bits per heavy atom. The fourth-order valence-corrected chi connectivity index (χ4v) is 3.13. The Balaban J connectivity index is 1.75. The van der Waals surface area contributed by atoms with Crippen molar-refractivity contribution >= 4 is 5.91 Å². The minimum Gasteiger partial charge on any atom is -0.490 e. The molecule has 144 valence electrons. The zero-order chi connectivity index (χ0) is 19.1. The Hall–Kier alpha value is -2.53. The van der Waals surface area contributed by atoms with Crippen LogP contribution in [0.4, 0.5) is 0 Å². The quantitative estimate of drug-likeness (QED) is 0.738. The summed E-state index contributed by atoms with van der Waals surface area (Å²) in [5, 5.41) is 0. The zero-order valence-corrected chi connectivity index (χ0v) is 16.0. The van der Waals surface area contributed by atoms with Gasteiger partial charge in [-0.25, -0.2) is 0 Å². The minimum atomic E-state index is -0.0950. The highest BCUT2D eigenvalue weighted by atomic mass is 16.5. The Morgan fingerprint density at radius 2 is 1.93 bits per heavy atom. The van der Waals surface area contributed by atoms with Crippen LogP contribution >= 0.6 is 0 Å². The van der Waals surface area contributed by atoms with Gasteiger partial charge in [-0.1, -0.05) is 37.3 Å². The molecule has 1 aliphatic rings. The van der Waals surface area contributed by atoms with Crippen LogP contribution in [0.3, 0.4) is 0 Å². The molecule has 0 N–H and O–H groups in total. The standard InChI is InChI=1S/C22H27NO4/c1-3-13-26-19-11-10-18(15-20(19)25-4-2)22(24)23-12-14-27-21(16-23)17-8-6-5-7-9-17/h5-11,15,21H,3-4,12-14,16H2,1-2H3. The summed E-state index contributed by atoms with van der Waals surface area (Å²) in [7, 11) is 0. The summed E-state index contributed by atoms with van der Waals surface area (Å²) < 4.78 is 17.3. The van der Waals surface area contributed by atoms with Crippen molar-refractivity contribution in [2.75, 3.05) is 32.9 Å². The van der Waals surface area contributed by atoms with Gasteiger partial charge in [0.2, 0.25) is 0 Å². The molecule has 1 atom stereocenters. The van der Waals surface area contributed by atoms with Gasteiger partial charge in [0.05, 0.1) is 26.4 Å². The maximum atomic E-state index is 13.0. The first-order chi connectivity index (χ1) is 13.2. The number of carbonyl (C=O) groups excluding carboxylic acids is 1. The fourth-order valence-electron chi connectivity index (χ4n) is 3.13. The van der Waals surface area contributed by atoms with E-state index in [0.29, 0.717) is 50.0 Å². The number of carbonyl (C=O) groups is 1. The van der Waals surface area contributed by atoms with E-state index in [1.165, 1.54) is 0 Å². The normalized spacial score (nSPS) is 16.8. The largest absolute Gasteiger partial charge is 0.490 e. The Labute approximate surface area is 160 Å². The molecule has 1 heterocycles. The first-order valence-corrected chi connectivity index (χ1v) is 9.58. The maximum Gasteiger partial charge on any atom is 0.254 e. The van der Waals surface area contributed by atoms with Gasteiger partial charge < -0.3 is 19.1 Å². The lowest BCUT2D eigenvalue weighted by Crippen LogP contribution is -2.42. The summed E-state index contributed by atoms with van der Waals surface area (Å²) in [6.45, 7) is 6.77. The number of ether oxygens (including phenoxy) is 3. The highest BCUT2D eigenvalue weighted by Gasteiger charge is 2.26. The molecule has 0 bridgehead atoms. The van der Waals surface area contributed by atoms with Crippen molar-refractivity contribution in [3.63, 3.8) is 0 Å². The van der Waals surface area contributed by atoms with Gasteiger partial charge in [0.1, 0.15) is 6.10 Å². The van der Waals surface area contributed by atoms with Crippen molar-refractivity contribution < 1.29 is 19.0 Å². The van der Waals surface area contributed by atoms with E-state index in [4.69, 9.17) is 14.2 Å². The molecular weight excluding hydrogens is 342 g/mol. The van der Waals surface area contributed by atoms with E-state index in [1.54, 1.807) is 6.07 Å². The first kappa shape index (κ1) is 19.2. The molecule has 0 saturated carbocycles. The molecule has 1 aliphatic heterocycles. The van der Waals surface area contributed by atoms with Crippen LogP contribution in [0.15, 0.2) is 48.5 Å². The third-order valence-electron chi connectivity index (χ3n) is 4.48. The van der Waals surface area contributed by atoms with Crippen molar-refractivity contribution in [1.29, 1.82) is 0 Å². The summed E-state index contributed by atoms with van der Waals surface area (Å²) in [5.74, 6) is 1.28. The second-order valence-corrected chi connectivity index (χ2v) is 6.46. The average Bonchev–Trinajstić information content (AvgIpc) is 2.73. The van der Waals surface area contributed by atoms with Gasteiger partial charge in [0.15, 0.2) is 11.5 Å². The van der Waals surface area contributed by atoms with E-state index >= 15 is 0 Å². The van der Waals surface area contributed by atoms with Crippen molar-refractivity contribution in [2.24, 2.45) is 0 Å². The fraction of sp³-hybridized carbons (Fsp3) is 0.409. The summed E-state index contributed by atoms with van der Waals surface area (Å²) in [5.41, 5.74) is 1.70. The topological polar surface area (TPSA) is 48.0 Å². The monoisotopic (exact) mass is 369 g/mol. The molecule has 0 spiro atoms. The molecule has 5 heteroatoms. The summed E-state index contributed by atoms with van der Waals surface area (Å²) >= 11 is 0. The van der Waals surface area contributed by atoms with Gasteiger partial charge in [0.25, 0.3) is 5.91 Å². The molecule has 0 radical (unpaired) electrons. The van der Waals surface area contributed by atoms with Crippen LogP contribution in [0.1, 0.15) is 42.3 Å². The number of amides is 1. The van der Waals surface area contributed by atoms with E-state index in [-0.39, 0.29) is 12.0 Å². The molecule has 0 aliphatic carbocycles. The molecule has 27 heavy (non-hydrogen) atoms. The van der Waals surface area contributed by atoms with Gasteiger partial charge in [-0.05, 0) is 37.1 Å². The molecule has 1 unspecified atom stereocenters. The molecule has 1 amide bonds. The van der Waals surface area contributed by atoms with Crippen molar-refractivity contribution in [3.8, 4) is 11.5 Å². The highest BCUT2D eigenvalue weighted by molar-refractivity contribution is 5.95. The number of hydrogen-bond acceptors (Lipinski definition) is 4. The summed E-state index contributed by atoms with van der Waals surface area (Å²) in [6.07, 6.45) is 0.823. The van der Waals surface area contributed by atoms with Crippen LogP contribution in [0, 0.1) is 0 Å². The molecule has 5 nitrogen and oxygen atoms in total. The third kappa shape index (κ3) is 4.80. The van der Waals surface area contributed by atoms with Gasteiger partial charge >= 0.3 is 0 Å². The third-order valence-corrected chi connectivity index (χ3v) is 4.48.